The van der Waals surface area contributed by atoms with Crippen LogP contribution < -0.4 is 11.1 Å². The van der Waals surface area contributed by atoms with Crippen molar-refractivity contribution < 1.29 is 13.6 Å². The van der Waals surface area contributed by atoms with E-state index in [0.717, 1.165) is 4.68 Å². The number of hydrogen-bond acceptors (Lipinski definition) is 3. The maximum atomic E-state index is 12.0. The minimum Gasteiger partial charge on any atom is -0.370 e. The molecule has 1 heterocycles. The van der Waals surface area contributed by atoms with Crippen molar-refractivity contribution in [2.45, 2.75) is 32.4 Å². The second kappa shape index (κ2) is 5.43. The lowest BCUT2D eigenvalue weighted by molar-refractivity contribution is -0.118. The lowest BCUT2D eigenvalue weighted by Gasteiger charge is -2.10. The van der Waals surface area contributed by atoms with Gasteiger partial charge in [-0.05, 0) is 6.92 Å². The summed E-state index contributed by atoms with van der Waals surface area (Å²) >= 11 is 0. The molecule has 0 bridgehead atoms. The fourth-order valence-corrected chi connectivity index (χ4v) is 1.29. The molecule has 0 spiro atoms. The molecule has 0 aliphatic heterocycles. The van der Waals surface area contributed by atoms with Gasteiger partial charge in [0.05, 0.1) is 0 Å². The number of hydrogen-bond donors (Lipinski definition) is 2. The number of halogens is 2. The molecule has 7 heteroatoms. The number of carbonyl (C=O) groups excluding carboxylic acids is 1. The van der Waals surface area contributed by atoms with E-state index in [0.29, 0.717) is 5.82 Å². The number of primary amides is 1. The van der Waals surface area contributed by atoms with Crippen molar-refractivity contribution in [1.29, 1.82) is 0 Å². The third-order valence-electron chi connectivity index (χ3n) is 1.87. The van der Waals surface area contributed by atoms with Crippen molar-refractivity contribution in [3.05, 3.63) is 12.3 Å². The average molecular weight is 232 g/mol. The summed E-state index contributed by atoms with van der Waals surface area (Å²) < 4.78 is 25.2. The van der Waals surface area contributed by atoms with E-state index in [1.54, 1.807) is 13.0 Å². The Labute approximate surface area is 91.6 Å². The largest absolute Gasteiger partial charge is 0.370 e. The molecule has 1 aromatic heterocycles. The molecule has 16 heavy (non-hydrogen) atoms. The Morgan fingerprint density at radius 2 is 2.38 bits per heavy atom. The first-order valence-electron chi connectivity index (χ1n) is 4.84. The number of amides is 1. The van der Waals surface area contributed by atoms with E-state index >= 15 is 0 Å². The van der Waals surface area contributed by atoms with Crippen LogP contribution in [-0.2, 0) is 11.3 Å². The minimum absolute atomic E-state index is 0.168. The van der Waals surface area contributed by atoms with Crippen molar-refractivity contribution in [2.75, 3.05) is 5.32 Å². The van der Waals surface area contributed by atoms with Crippen molar-refractivity contribution in [2.24, 2.45) is 5.73 Å². The van der Waals surface area contributed by atoms with Crippen LogP contribution in [0.3, 0.4) is 0 Å². The van der Waals surface area contributed by atoms with Gasteiger partial charge in [-0.25, -0.2) is 8.78 Å². The third kappa shape index (κ3) is 4.24. The van der Waals surface area contributed by atoms with E-state index in [1.807, 2.05) is 0 Å². The molecular formula is C9H14F2N4O. The van der Waals surface area contributed by atoms with Crippen LogP contribution in [0.2, 0.25) is 0 Å². The molecular weight excluding hydrogens is 218 g/mol. The first-order valence-corrected chi connectivity index (χ1v) is 4.84. The number of anilines is 1. The average Bonchev–Trinajstić information content (AvgIpc) is 2.49. The van der Waals surface area contributed by atoms with Crippen LogP contribution in [0.4, 0.5) is 14.6 Å². The van der Waals surface area contributed by atoms with Crippen LogP contribution in [-0.4, -0.2) is 28.2 Å². The number of carbonyl (C=O) groups is 1. The highest BCUT2D eigenvalue weighted by Gasteiger charge is 2.09. The summed E-state index contributed by atoms with van der Waals surface area (Å²) in [6.45, 7) is 1.32. The second-order valence-corrected chi connectivity index (χ2v) is 3.53. The molecule has 5 nitrogen and oxygen atoms in total. The summed E-state index contributed by atoms with van der Waals surface area (Å²) in [7, 11) is 0. The number of nitrogens with two attached hydrogens (primary N) is 1. The van der Waals surface area contributed by atoms with Crippen LogP contribution in [0.25, 0.3) is 0 Å². The van der Waals surface area contributed by atoms with Crippen LogP contribution >= 0.6 is 0 Å². The highest BCUT2D eigenvalue weighted by atomic mass is 19.3. The molecule has 1 unspecified atom stereocenters. The quantitative estimate of drug-likeness (QED) is 0.762. The van der Waals surface area contributed by atoms with Gasteiger partial charge in [0.15, 0.2) is 0 Å². The van der Waals surface area contributed by atoms with Gasteiger partial charge in [0.2, 0.25) is 5.91 Å². The molecule has 1 atom stereocenters. The second-order valence-electron chi connectivity index (χ2n) is 3.53. The lowest BCUT2D eigenvalue weighted by atomic mass is 10.2. The van der Waals surface area contributed by atoms with Gasteiger partial charge in [-0.15, -0.1) is 0 Å². The number of alkyl halides is 2. The van der Waals surface area contributed by atoms with Gasteiger partial charge in [-0.3, -0.25) is 9.48 Å². The van der Waals surface area contributed by atoms with Gasteiger partial charge >= 0.3 is 0 Å². The van der Waals surface area contributed by atoms with Crippen molar-refractivity contribution >= 4 is 11.7 Å². The molecule has 1 aromatic rings. The monoisotopic (exact) mass is 232 g/mol. The van der Waals surface area contributed by atoms with E-state index in [1.165, 1.54) is 6.20 Å². The Bertz CT molecular complexity index is 353. The zero-order valence-corrected chi connectivity index (χ0v) is 8.86. The standard InChI is InChI=1S/C9H14F2N4O/c1-6(4-8(12)16)13-9-2-3-15(14-9)5-7(10)11/h2-3,6-7H,4-5H2,1H3,(H2,12,16)(H,13,14). The predicted octanol–water partition coefficient (Wildman–Crippen LogP) is 0.824. The van der Waals surface area contributed by atoms with E-state index < -0.39 is 18.9 Å². The van der Waals surface area contributed by atoms with Crippen molar-refractivity contribution in [3.63, 3.8) is 0 Å². The molecule has 0 fully saturated rings. The van der Waals surface area contributed by atoms with Crippen molar-refractivity contribution in [1.82, 2.24) is 9.78 Å². The molecule has 0 saturated heterocycles. The molecule has 90 valence electrons. The molecule has 1 rings (SSSR count). The molecule has 1 amide bonds. The smallest absolute Gasteiger partial charge is 0.257 e. The van der Waals surface area contributed by atoms with Gasteiger partial charge in [-0.1, -0.05) is 0 Å². The first-order chi connectivity index (χ1) is 7.47. The maximum absolute atomic E-state index is 12.0. The van der Waals surface area contributed by atoms with Gasteiger partial charge in [0.25, 0.3) is 6.43 Å². The van der Waals surface area contributed by atoms with E-state index in [4.69, 9.17) is 5.73 Å². The number of nitrogens with one attached hydrogen (secondary N) is 1. The van der Waals surface area contributed by atoms with E-state index in [-0.39, 0.29) is 12.5 Å². The van der Waals surface area contributed by atoms with E-state index in [2.05, 4.69) is 10.4 Å². The topological polar surface area (TPSA) is 72.9 Å². The number of aromatic nitrogens is 2. The lowest BCUT2D eigenvalue weighted by Crippen LogP contribution is -2.24. The normalized spacial score (nSPS) is 12.8. The zero-order valence-electron chi connectivity index (χ0n) is 8.86. The van der Waals surface area contributed by atoms with Gasteiger partial charge < -0.3 is 11.1 Å². The SMILES string of the molecule is CC(CC(N)=O)Nc1ccn(CC(F)F)n1. The van der Waals surface area contributed by atoms with Crippen LogP contribution in [0.5, 0.6) is 0 Å². The zero-order chi connectivity index (χ0) is 12.1. The molecule has 0 aliphatic carbocycles. The Morgan fingerprint density at radius 1 is 1.69 bits per heavy atom. The fraction of sp³-hybridized carbons (Fsp3) is 0.556. The Hall–Kier alpha value is -1.66. The summed E-state index contributed by atoms with van der Waals surface area (Å²) in [6.07, 6.45) is -0.816. The Kier molecular flexibility index (Phi) is 4.21. The molecule has 3 N–H and O–H groups in total. The summed E-state index contributed by atoms with van der Waals surface area (Å²) in [5.41, 5.74) is 5.01. The summed E-state index contributed by atoms with van der Waals surface area (Å²) in [6, 6.07) is 1.40. The Morgan fingerprint density at radius 3 is 2.94 bits per heavy atom. The highest BCUT2D eigenvalue weighted by Crippen LogP contribution is 2.07. The fourth-order valence-electron chi connectivity index (χ4n) is 1.29. The molecule has 0 aliphatic rings. The number of nitrogens with zero attached hydrogens (tertiary/aromatic N) is 2. The predicted molar refractivity (Wildman–Crippen MR) is 55.1 cm³/mol. The summed E-state index contributed by atoms with van der Waals surface area (Å²) in [4.78, 5) is 10.6. The van der Waals surface area contributed by atoms with Crippen molar-refractivity contribution in [3.8, 4) is 0 Å². The van der Waals surface area contributed by atoms with Gasteiger partial charge in [0, 0.05) is 24.7 Å². The number of rotatable bonds is 6. The third-order valence-corrected chi connectivity index (χ3v) is 1.87. The summed E-state index contributed by atoms with van der Waals surface area (Å²) in [5.74, 6) is 0.0291. The molecule has 0 aromatic carbocycles. The highest BCUT2D eigenvalue weighted by molar-refractivity contribution is 5.74. The Balaban J connectivity index is 2.48. The van der Waals surface area contributed by atoms with Crippen LogP contribution in [0, 0.1) is 0 Å². The van der Waals surface area contributed by atoms with E-state index in [9.17, 15) is 13.6 Å². The maximum Gasteiger partial charge on any atom is 0.257 e. The van der Waals surface area contributed by atoms with Gasteiger partial charge in [-0.2, -0.15) is 5.10 Å². The molecule has 0 radical (unpaired) electrons. The summed E-state index contributed by atoms with van der Waals surface area (Å²) in [5, 5.41) is 6.76. The van der Waals surface area contributed by atoms with Crippen LogP contribution in [0.1, 0.15) is 13.3 Å². The molecule has 0 saturated carbocycles. The first kappa shape index (κ1) is 12.4. The van der Waals surface area contributed by atoms with Crippen LogP contribution in [0.15, 0.2) is 12.3 Å². The van der Waals surface area contributed by atoms with Gasteiger partial charge in [0.1, 0.15) is 12.4 Å². The minimum atomic E-state index is -2.43.